The van der Waals surface area contributed by atoms with E-state index in [1.165, 1.54) is 10.8 Å². The van der Waals surface area contributed by atoms with E-state index in [0.29, 0.717) is 13.1 Å². The van der Waals surface area contributed by atoms with Crippen LogP contribution in [0.2, 0.25) is 0 Å². The van der Waals surface area contributed by atoms with Gasteiger partial charge in [-0.15, -0.1) is 0 Å². The van der Waals surface area contributed by atoms with Gasteiger partial charge in [0.1, 0.15) is 0 Å². The topological polar surface area (TPSA) is 27.0 Å². The molecule has 0 saturated carbocycles. The van der Waals surface area contributed by atoms with Crippen LogP contribution in [-0.4, -0.2) is 4.90 Å². The van der Waals surface area contributed by atoms with Crippen LogP contribution in [0, 0.1) is 11.5 Å². The van der Waals surface area contributed by atoms with Crippen LogP contribution in [0.25, 0.3) is 10.8 Å². The Hall–Kier alpha value is -2.79. The number of nitriles is 1. The van der Waals surface area contributed by atoms with E-state index < -0.39 is 0 Å². The summed E-state index contributed by atoms with van der Waals surface area (Å²) in [7, 11) is 0. The molecule has 0 aliphatic rings. The monoisotopic (exact) mass is 272 g/mol. The molecular weight excluding hydrogens is 256 g/mol. The molecule has 0 aliphatic heterocycles. The third kappa shape index (κ3) is 3.21. The first-order valence-corrected chi connectivity index (χ1v) is 7.01. The van der Waals surface area contributed by atoms with Gasteiger partial charge in [0, 0.05) is 0 Å². The number of hydrogen-bond acceptors (Lipinski definition) is 2. The molecule has 0 aliphatic carbocycles. The van der Waals surface area contributed by atoms with E-state index >= 15 is 0 Å². The van der Waals surface area contributed by atoms with Gasteiger partial charge in [-0.25, -0.2) is 0 Å². The molecule has 0 amide bonds. The zero-order chi connectivity index (χ0) is 14.5. The lowest BCUT2D eigenvalue weighted by Gasteiger charge is -2.16. The van der Waals surface area contributed by atoms with Gasteiger partial charge in [-0.05, 0) is 28.0 Å². The van der Waals surface area contributed by atoms with Gasteiger partial charge in [-0.2, -0.15) is 5.26 Å². The molecule has 3 aromatic carbocycles. The number of fused-ring (bicyclic) bond motifs is 1. The lowest BCUT2D eigenvalue weighted by atomic mass is 10.1. The summed E-state index contributed by atoms with van der Waals surface area (Å²) >= 11 is 0. The Kier molecular flexibility index (Phi) is 3.84. The lowest BCUT2D eigenvalue weighted by molar-refractivity contribution is 0.379. The van der Waals surface area contributed by atoms with Crippen molar-refractivity contribution in [3.8, 4) is 6.19 Å². The molecule has 0 unspecified atom stereocenters. The summed E-state index contributed by atoms with van der Waals surface area (Å²) in [6, 6.07) is 24.7. The van der Waals surface area contributed by atoms with Crippen LogP contribution >= 0.6 is 0 Å². The molecule has 0 radical (unpaired) electrons. The van der Waals surface area contributed by atoms with Gasteiger partial charge in [0.15, 0.2) is 6.19 Å². The van der Waals surface area contributed by atoms with E-state index in [0.717, 1.165) is 11.1 Å². The molecular formula is C19H16N2. The first-order chi connectivity index (χ1) is 10.3. The number of hydrogen-bond donors (Lipinski definition) is 0. The van der Waals surface area contributed by atoms with Crippen molar-refractivity contribution in [1.29, 1.82) is 5.26 Å². The highest BCUT2D eigenvalue weighted by molar-refractivity contribution is 5.82. The fourth-order valence-corrected chi connectivity index (χ4v) is 2.49. The van der Waals surface area contributed by atoms with Crippen molar-refractivity contribution < 1.29 is 0 Å². The lowest BCUT2D eigenvalue weighted by Crippen LogP contribution is -2.16. The predicted octanol–water partition coefficient (Wildman–Crippen LogP) is 4.32. The van der Waals surface area contributed by atoms with Crippen molar-refractivity contribution in [2.45, 2.75) is 13.1 Å². The normalized spacial score (nSPS) is 10.2. The summed E-state index contributed by atoms with van der Waals surface area (Å²) in [5.74, 6) is 0. The van der Waals surface area contributed by atoms with Crippen LogP contribution in [0.5, 0.6) is 0 Å². The van der Waals surface area contributed by atoms with Gasteiger partial charge < -0.3 is 4.90 Å². The number of nitrogens with zero attached hydrogens (tertiary/aromatic N) is 2. The molecule has 0 saturated heterocycles. The standard InChI is InChI=1S/C19H16N2/c20-15-21(13-16-6-2-1-3-7-16)14-17-10-11-18-8-4-5-9-19(18)12-17/h1-12H,13-14H2. The third-order valence-electron chi connectivity index (χ3n) is 3.54. The quantitative estimate of drug-likeness (QED) is 0.522. The molecule has 21 heavy (non-hydrogen) atoms. The van der Waals surface area contributed by atoms with Gasteiger partial charge in [-0.1, -0.05) is 66.7 Å². The molecule has 0 fully saturated rings. The highest BCUT2D eigenvalue weighted by atomic mass is 15.1. The van der Waals surface area contributed by atoms with Crippen molar-refractivity contribution >= 4 is 10.8 Å². The Balaban J connectivity index is 1.78. The van der Waals surface area contributed by atoms with Crippen molar-refractivity contribution in [2.75, 3.05) is 0 Å². The summed E-state index contributed by atoms with van der Waals surface area (Å²) in [5.41, 5.74) is 2.31. The predicted molar refractivity (Wildman–Crippen MR) is 85.3 cm³/mol. The van der Waals surface area contributed by atoms with E-state index in [4.69, 9.17) is 0 Å². The van der Waals surface area contributed by atoms with E-state index in [9.17, 15) is 5.26 Å². The Bertz CT molecular complexity index is 772. The van der Waals surface area contributed by atoms with Gasteiger partial charge >= 0.3 is 0 Å². The van der Waals surface area contributed by atoms with Gasteiger partial charge in [0.25, 0.3) is 0 Å². The SMILES string of the molecule is N#CN(Cc1ccccc1)Cc1ccc2ccccc2c1. The fraction of sp³-hybridized carbons (Fsp3) is 0.105. The largest absolute Gasteiger partial charge is 0.302 e. The molecule has 2 nitrogen and oxygen atoms in total. The molecule has 3 rings (SSSR count). The van der Waals surface area contributed by atoms with Crippen LogP contribution in [-0.2, 0) is 13.1 Å². The Morgan fingerprint density at radius 2 is 1.38 bits per heavy atom. The smallest absolute Gasteiger partial charge is 0.179 e. The summed E-state index contributed by atoms with van der Waals surface area (Å²) in [6.07, 6.45) is 2.28. The van der Waals surface area contributed by atoms with Gasteiger partial charge in [-0.3, -0.25) is 0 Å². The summed E-state index contributed by atoms with van der Waals surface area (Å²) < 4.78 is 0. The molecule has 2 heteroatoms. The van der Waals surface area contributed by atoms with Crippen molar-refractivity contribution in [1.82, 2.24) is 4.90 Å². The molecule has 0 spiro atoms. The second-order valence-corrected chi connectivity index (χ2v) is 5.12. The average Bonchev–Trinajstić information content (AvgIpc) is 2.55. The molecule has 0 aromatic heterocycles. The maximum Gasteiger partial charge on any atom is 0.179 e. The fourth-order valence-electron chi connectivity index (χ4n) is 2.49. The highest BCUT2D eigenvalue weighted by Crippen LogP contribution is 2.17. The Morgan fingerprint density at radius 1 is 0.714 bits per heavy atom. The Labute approximate surface area is 124 Å². The van der Waals surface area contributed by atoms with Gasteiger partial charge in [0.05, 0.1) is 13.1 Å². The number of benzene rings is 3. The molecule has 0 N–H and O–H groups in total. The minimum Gasteiger partial charge on any atom is -0.302 e. The van der Waals surface area contributed by atoms with E-state index in [1.54, 1.807) is 4.90 Å². The zero-order valence-corrected chi connectivity index (χ0v) is 11.7. The average molecular weight is 272 g/mol. The molecule has 102 valence electrons. The minimum atomic E-state index is 0.635. The van der Waals surface area contributed by atoms with Crippen LogP contribution < -0.4 is 0 Å². The van der Waals surface area contributed by atoms with E-state index in [-0.39, 0.29) is 0 Å². The third-order valence-corrected chi connectivity index (χ3v) is 3.54. The van der Waals surface area contributed by atoms with Crippen LogP contribution in [0.15, 0.2) is 72.8 Å². The zero-order valence-electron chi connectivity index (χ0n) is 11.7. The molecule has 3 aromatic rings. The molecule has 0 atom stereocenters. The molecule has 0 bridgehead atoms. The van der Waals surface area contributed by atoms with Crippen molar-refractivity contribution in [3.63, 3.8) is 0 Å². The van der Waals surface area contributed by atoms with E-state index in [1.807, 2.05) is 42.5 Å². The second kappa shape index (κ2) is 6.11. The van der Waals surface area contributed by atoms with Crippen LogP contribution in [0.3, 0.4) is 0 Å². The summed E-state index contributed by atoms with van der Waals surface area (Å²) in [5, 5.41) is 11.8. The van der Waals surface area contributed by atoms with Crippen LogP contribution in [0.4, 0.5) is 0 Å². The first kappa shape index (κ1) is 13.2. The highest BCUT2D eigenvalue weighted by Gasteiger charge is 2.05. The Morgan fingerprint density at radius 3 is 2.14 bits per heavy atom. The minimum absolute atomic E-state index is 0.635. The maximum atomic E-state index is 9.34. The van der Waals surface area contributed by atoms with Crippen molar-refractivity contribution in [2.24, 2.45) is 0 Å². The maximum absolute atomic E-state index is 9.34. The summed E-state index contributed by atoms with van der Waals surface area (Å²) in [6.45, 7) is 1.28. The van der Waals surface area contributed by atoms with E-state index in [2.05, 4.69) is 36.5 Å². The summed E-state index contributed by atoms with van der Waals surface area (Å²) in [4.78, 5) is 1.78. The van der Waals surface area contributed by atoms with Gasteiger partial charge in [0.2, 0.25) is 0 Å². The molecule has 0 heterocycles. The number of rotatable bonds is 4. The second-order valence-electron chi connectivity index (χ2n) is 5.12. The van der Waals surface area contributed by atoms with Crippen molar-refractivity contribution in [3.05, 3.63) is 83.9 Å². The van der Waals surface area contributed by atoms with Crippen LogP contribution in [0.1, 0.15) is 11.1 Å². The first-order valence-electron chi connectivity index (χ1n) is 7.01.